The highest BCUT2D eigenvalue weighted by atomic mass is 19.4. The Morgan fingerprint density at radius 1 is 1.20 bits per heavy atom. The van der Waals surface area contributed by atoms with Crippen molar-refractivity contribution in [3.63, 3.8) is 0 Å². The molecule has 1 amide bonds. The van der Waals surface area contributed by atoms with Gasteiger partial charge in [0.2, 0.25) is 0 Å². The Labute approximate surface area is 174 Å². The van der Waals surface area contributed by atoms with Crippen LogP contribution in [0.15, 0.2) is 36.5 Å². The number of aryl methyl sites for hydroxylation is 1. The van der Waals surface area contributed by atoms with Gasteiger partial charge in [0.1, 0.15) is 6.04 Å². The van der Waals surface area contributed by atoms with E-state index in [1.165, 1.54) is 11.8 Å². The zero-order valence-corrected chi connectivity index (χ0v) is 17.1. The first-order chi connectivity index (χ1) is 14.3. The first kappa shape index (κ1) is 20.8. The normalized spacial score (nSPS) is 21.9. The Morgan fingerprint density at radius 3 is 2.63 bits per heavy atom. The van der Waals surface area contributed by atoms with Crippen molar-refractivity contribution in [3.8, 4) is 0 Å². The number of benzene rings is 1. The van der Waals surface area contributed by atoms with Gasteiger partial charge in [-0.15, -0.1) is 0 Å². The molecule has 2 saturated heterocycles. The molecule has 1 unspecified atom stereocenters. The van der Waals surface area contributed by atoms with Crippen LogP contribution in [0, 0.1) is 0 Å². The largest absolute Gasteiger partial charge is 0.416 e. The van der Waals surface area contributed by atoms with E-state index in [1.807, 2.05) is 24.2 Å². The molecule has 3 heterocycles. The van der Waals surface area contributed by atoms with E-state index < -0.39 is 11.7 Å². The van der Waals surface area contributed by atoms with Gasteiger partial charge in [-0.25, -0.2) is 0 Å². The van der Waals surface area contributed by atoms with Gasteiger partial charge in [-0.3, -0.25) is 4.79 Å². The van der Waals surface area contributed by atoms with Gasteiger partial charge in [0.25, 0.3) is 5.91 Å². The molecule has 8 heteroatoms. The van der Waals surface area contributed by atoms with Gasteiger partial charge in [-0.1, -0.05) is 0 Å². The third-order valence-corrected chi connectivity index (χ3v) is 6.26. The van der Waals surface area contributed by atoms with Gasteiger partial charge in [-0.2, -0.15) is 13.2 Å². The van der Waals surface area contributed by atoms with Crippen LogP contribution in [0.25, 0.3) is 0 Å². The van der Waals surface area contributed by atoms with Crippen molar-refractivity contribution in [3.05, 3.63) is 47.8 Å². The summed E-state index contributed by atoms with van der Waals surface area (Å²) in [6, 6.07) is 7.96. The van der Waals surface area contributed by atoms with Crippen LogP contribution in [0.1, 0.15) is 43.0 Å². The molecule has 0 bridgehead atoms. The second-order valence-electron chi connectivity index (χ2n) is 8.30. The van der Waals surface area contributed by atoms with Gasteiger partial charge in [-0.05, 0) is 43.2 Å². The number of carbonyl (C=O) groups excluding carboxylic acids is 1. The molecule has 2 fully saturated rings. The molecule has 162 valence electrons. The predicted octanol–water partition coefficient (Wildman–Crippen LogP) is 3.00. The highest BCUT2D eigenvalue weighted by Gasteiger charge is 2.34. The maximum atomic E-state index is 13.3. The van der Waals surface area contributed by atoms with Crippen LogP contribution in [-0.4, -0.2) is 36.7 Å². The summed E-state index contributed by atoms with van der Waals surface area (Å²) in [5.41, 5.74) is 1.37. The molecule has 1 aromatic carbocycles. The average molecular weight is 421 g/mol. The SMILES string of the molecule is Cn1cccc1[C@@H]1CCC[NH+]1CC(=O)Nc1cc(C(F)(F)F)ccc1N1CCCC1. The summed E-state index contributed by atoms with van der Waals surface area (Å²) in [4.78, 5) is 16.1. The van der Waals surface area contributed by atoms with E-state index >= 15 is 0 Å². The highest BCUT2D eigenvalue weighted by Crippen LogP contribution is 2.36. The van der Waals surface area contributed by atoms with Crippen LogP contribution >= 0.6 is 0 Å². The number of hydrogen-bond acceptors (Lipinski definition) is 2. The molecule has 2 aliphatic heterocycles. The van der Waals surface area contributed by atoms with E-state index in [4.69, 9.17) is 0 Å². The Bertz CT molecular complexity index is 902. The van der Waals surface area contributed by atoms with Crippen molar-refractivity contribution in [2.75, 3.05) is 36.4 Å². The quantitative estimate of drug-likeness (QED) is 0.780. The zero-order chi connectivity index (χ0) is 21.3. The van der Waals surface area contributed by atoms with Gasteiger partial charge >= 0.3 is 6.18 Å². The Kier molecular flexibility index (Phi) is 5.77. The lowest BCUT2D eigenvalue weighted by molar-refractivity contribution is -0.910. The van der Waals surface area contributed by atoms with Crippen molar-refractivity contribution >= 4 is 17.3 Å². The number of nitrogens with zero attached hydrogens (tertiary/aromatic N) is 2. The summed E-state index contributed by atoms with van der Waals surface area (Å²) in [5, 5.41) is 2.80. The maximum Gasteiger partial charge on any atom is 0.416 e. The summed E-state index contributed by atoms with van der Waals surface area (Å²) in [6.45, 7) is 2.71. The van der Waals surface area contributed by atoms with E-state index in [2.05, 4.69) is 16.0 Å². The van der Waals surface area contributed by atoms with Crippen LogP contribution in [0.3, 0.4) is 0 Å². The van der Waals surface area contributed by atoms with Crippen LogP contribution < -0.4 is 15.1 Å². The first-order valence-corrected chi connectivity index (χ1v) is 10.5. The average Bonchev–Trinajstić information content (AvgIpc) is 3.43. The molecule has 2 aromatic rings. The molecule has 5 nitrogen and oxygen atoms in total. The number of anilines is 2. The molecule has 4 rings (SSSR count). The first-order valence-electron chi connectivity index (χ1n) is 10.5. The summed E-state index contributed by atoms with van der Waals surface area (Å²) < 4.78 is 41.8. The number of hydrogen-bond donors (Lipinski definition) is 2. The van der Waals surface area contributed by atoms with Crippen molar-refractivity contribution in [2.45, 2.75) is 37.9 Å². The lowest BCUT2D eigenvalue weighted by Gasteiger charge is -2.24. The molecule has 0 aliphatic carbocycles. The van der Waals surface area contributed by atoms with E-state index in [0.717, 1.165) is 62.4 Å². The Hall–Kier alpha value is -2.48. The molecular weight excluding hydrogens is 393 g/mol. The highest BCUT2D eigenvalue weighted by molar-refractivity contribution is 5.95. The molecule has 0 saturated carbocycles. The van der Waals surface area contributed by atoms with E-state index in [-0.39, 0.29) is 24.2 Å². The number of nitrogens with one attached hydrogen (secondary N) is 2. The number of likely N-dealkylation sites (tertiary alicyclic amines) is 1. The number of halogens is 3. The predicted molar refractivity (Wildman–Crippen MR) is 110 cm³/mol. The number of alkyl halides is 3. The summed E-state index contributed by atoms with van der Waals surface area (Å²) in [6.07, 6.45) is 1.59. The number of quaternary nitrogens is 1. The van der Waals surface area contributed by atoms with Crippen LogP contribution in [0.2, 0.25) is 0 Å². The molecule has 0 spiro atoms. The maximum absolute atomic E-state index is 13.3. The summed E-state index contributed by atoms with van der Waals surface area (Å²) >= 11 is 0. The van der Waals surface area contributed by atoms with Crippen LogP contribution in [-0.2, 0) is 18.0 Å². The van der Waals surface area contributed by atoms with Gasteiger partial charge in [0.15, 0.2) is 6.54 Å². The molecule has 30 heavy (non-hydrogen) atoms. The lowest BCUT2D eigenvalue weighted by atomic mass is 10.1. The standard InChI is InChI=1S/C22H27F3N4O/c1-27-10-4-6-19(27)20-7-5-13-29(20)15-21(30)26-17-14-16(22(23,24)25)8-9-18(17)28-11-2-3-12-28/h4,6,8-10,14,20H,2-3,5,7,11-13,15H2,1H3,(H,26,30)/p+1/t20-/m0/s1. The number of carbonyl (C=O) groups is 1. The minimum absolute atomic E-state index is 0.232. The molecule has 2 N–H and O–H groups in total. The van der Waals surface area contributed by atoms with Crippen molar-refractivity contribution in [1.29, 1.82) is 0 Å². The number of amides is 1. The Morgan fingerprint density at radius 2 is 1.97 bits per heavy atom. The van der Waals surface area contributed by atoms with Gasteiger partial charge in [0.05, 0.1) is 29.2 Å². The number of aromatic nitrogens is 1. The third kappa shape index (κ3) is 4.33. The fourth-order valence-electron chi connectivity index (χ4n) is 4.76. The summed E-state index contributed by atoms with van der Waals surface area (Å²) in [5.74, 6) is -0.245. The molecule has 2 aliphatic rings. The van der Waals surface area contributed by atoms with Crippen molar-refractivity contribution < 1.29 is 22.9 Å². The van der Waals surface area contributed by atoms with Crippen molar-refractivity contribution in [1.82, 2.24) is 4.57 Å². The van der Waals surface area contributed by atoms with Gasteiger partial charge < -0.3 is 19.7 Å². The molecule has 0 radical (unpaired) electrons. The van der Waals surface area contributed by atoms with Crippen molar-refractivity contribution in [2.24, 2.45) is 7.05 Å². The third-order valence-electron chi connectivity index (χ3n) is 6.26. The van der Waals surface area contributed by atoms with E-state index in [9.17, 15) is 18.0 Å². The number of rotatable bonds is 5. The molecule has 1 aromatic heterocycles. The molecule has 2 atom stereocenters. The smallest absolute Gasteiger partial charge is 0.370 e. The van der Waals surface area contributed by atoms with E-state index in [1.54, 1.807) is 0 Å². The summed E-state index contributed by atoms with van der Waals surface area (Å²) in [7, 11) is 2.00. The monoisotopic (exact) mass is 421 g/mol. The Balaban J connectivity index is 1.52. The fourth-order valence-corrected chi connectivity index (χ4v) is 4.76. The fraction of sp³-hybridized carbons (Fsp3) is 0.500. The van der Waals surface area contributed by atoms with Crippen LogP contribution in [0.5, 0.6) is 0 Å². The van der Waals surface area contributed by atoms with Crippen LogP contribution in [0.4, 0.5) is 24.5 Å². The second-order valence-corrected chi connectivity index (χ2v) is 8.30. The topological polar surface area (TPSA) is 41.7 Å². The van der Waals surface area contributed by atoms with E-state index in [0.29, 0.717) is 5.69 Å². The van der Waals surface area contributed by atoms with Gasteiger partial charge in [0, 0.05) is 39.2 Å². The zero-order valence-electron chi connectivity index (χ0n) is 17.1. The minimum Gasteiger partial charge on any atom is -0.370 e. The lowest BCUT2D eigenvalue weighted by Crippen LogP contribution is -3.11. The molecular formula is C22H28F3N4O+. The minimum atomic E-state index is -4.44. The second kappa shape index (κ2) is 8.34.